The Kier molecular flexibility index (Phi) is 6.28. The highest BCUT2D eigenvalue weighted by molar-refractivity contribution is 7.89. The highest BCUT2D eigenvalue weighted by Crippen LogP contribution is 2.16. The summed E-state index contributed by atoms with van der Waals surface area (Å²) in [6, 6.07) is 6.79. The van der Waals surface area contributed by atoms with Crippen LogP contribution in [0.5, 0.6) is 0 Å². The molecule has 0 aliphatic heterocycles. The molecule has 0 bridgehead atoms. The molecule has 132 valence electrons. The highest BCUT2D eigenvalue weighted by Gasteiger charge is 2.23. The number of ketones is 1. The lowest BCUT2D eigenvalue weighted by molar-refractivity contribution is -0.115. The average Bonchev–Trinajstić information content (AvgIpc) is 2.85. The van der Waals surface area contributed by atoms with E-state index in [0.29, 0.717) is 31.8 Å². The first-order chi connectivity index (χ1) is 11.3. The van der Waals surface area contributed by atoms with Gasteiger partial charge in [0.2, 0.25) is 10.0 Å². The Bertz CT molecular complexity index is 711. The molecule has 24 heavy (non-hydrogen) atoms. The van der Waals surface area contributed by atoms with Crippen molar-refractivity contribution in [2.45, 2.75) is 31.3 Å². The minimum atomic E-state index is -3.52. The number of carbonyl (C=O) groups is 1. The Labute approximate surface area is 143 Å². The summed E-state index contributed by atoms with van der Waals surface area (Å²) < 4.78 is 26.6. The molecule has 1 atom stereocenters. The van der Waals surface area contributed by atoms with Crippen molar-refractivity contribution in [1.82, 2.24) is 9.62 Å². The number of rotatable bonds is 8. The molecule has 1 aliphatic carbocycles. The molecule has 0 radical (unpaired) electrons. The van der Waals surface area contributed by atoms with Gasteiger partial charge in [-0.3, -0.25) is 4.79 Å². The lowest BCUT2D eigenvalue weighted by atomic mass is 10.2. The summed E-state index contributed by atoms with van der Waals surface area (Å²) >= 11 is 0. The first-order valence-electron chi connectivity index (χ1n) is 8.04. The molecule has 1 aromatic rings. The number of sulfonamides is 1. The number of nitrogens with one attached hydrogen (secondary N) is 1. The monoisotopic (exact) mass is 352 g/mol. The minimum Gasteiger partial charge on any atom is -0.389 e. The maximum Gasteiger partial charge on any atom is 0.243 e. The normalized spacial score (nSPS) is 18.2. The second-order valence-electron chi connectivity index (χ2n) is 5.87. The zero-order valence-electron chi connectivity index (χ0n) is 14.0. The van der Waals surface area contributed by atoms with Crippen LogP contribution in [0.4, 0.5) is 0 Å². The van der Waals surface area contributed by atoms with Crippen molar-refractivity contribution < 1.29 is 18.3 Å². The largest absolute Gasteiger partial charge is 0.389 e. The van der Waals surface area contributed by atoms with Gasteiger partial charge in [-0.15, -0.1) is 0 Å². The lowest BCUT2D eigenvalue weighted by Crippen LogP contribution is -2.37. The number of hydrogen-bond donors (Lipinski definition) is 2. The van der Waals surface area contributed by atoms with Gasteiger partial charge in [0.05, 0.1) is 11.0 Å². The van der Waals surface area contributed by atoms with Gasteiger partial charge in [0.15, 0.2) is 5.78 Å². The van der Waals surface area contributed by atoms with Crippen LogP contribution in [-0.2, 0) is 14.8 Å². The number of aryl methyl sites for hydroxylation is 1. The predicted molar refractivity (Wildman–Crippen MR) is 92.2 cm³/mol. The van der Waals surface area contributed by atoms with Crippen LogP contribution in [0.1, 0.15) is 18.9 Å². The average molecular weight is 352 g/mol. The number of aliphatic hydroxyl groups excluding tert-OH is 1. The van der Waals surface area contributed by atoms with Crippen molar-refractivity contribution in [3.63, 3.8) is 0 Å². The number of likely N-dealkylation sites (N-methyl/N-ethyl adjacent to an activating group) is 1. The molecular formula is C17H24N2O4S. The molecule has 0 saturated heterocycles. The molecule has 2 rings (SSSR count). The van der Waals surface area contributed by atoms with Crippen molar-refractivity contribution in [1.29, 1.82) is 0 Å². The van der Waals surface area contributed by atoms with Gasteiger partial charge in [0.1, 0.15) is 0 Å². The van der Waals surface area contributed by atoms with Crippen LogP contribution in [0.3, 0.4) is 0 Å². The Morgan fingerprint density at radius 2 is 1.96 bits per heavy atom. The van der Waals surface area contributed by atoms with E-state index in [0.717, 1.165) is 5.56 Å². The SMILES string of the molecule is CCN(CCNCC1=C[C@@H](O)CC1=O)S(=O)(=O)c1ccc(C)cc1. The second-order valence-corrected chi connectivity index (χ2v) is 7.81. The van der Waals surface area contributed by atoms with Crippen LogP contribution in [0.2, 0.25) is 0 Å². The van der Waals surface area contributed by atoms with E-state index in [2.05, 4.69) is 5.32 Å². The number of Topliss-reactive ketones (excluding diaryl/α,β-unsaturated/α-hetero) is 1. The van der Waals surface area contributed by atoms with Crippen molar-refractivity contribution in [2.75, 3.05) is 26.2 Å². The van der Waals surface area contributed by atoms with Gasteiger partial charge >= 0.3 is 0 Å². The lowest BCUT2D eigenvalue weighted by Gasteiger charge is -2.21. The zero-order valence-corrected chi connectivity index (χ0v) is 14.8. The van der Waals surface area contributed by atoms with Crippen LogP contribution in [0.15, 0.2) is 40.8 Å². The molecule has 0 aromatic heterocycles. The summed E-state index contributed by atoms with van der Waals surface area (Å²) in [5.41, 5.74) is 1.57. The molecule has 0 spiro atoms. The van der Waals surface area contributed by atoms with Crippen molar-refractivity contribution in [3.8, 4) is 0 Å². The maximum absolute atomic E-state index is 12.6. The number of nitrogens with zero attached hydrogens (tertiary/aromatic N) is 1. The fraction of sp³-hybridized carbons (Fsp3) is 0.471. The van der Waals surface area contributed by atoms with Gasteiger partial charge in [0, 0.05) is 38.2 Å². The number of benzene rings is 1. The van der Waals surface area contributed by atoms with E-state index in [1.54, 1.807) is 37.3 Å². The van der Waals surface area contributed by atoms with Crippen molar-refractivity contribution in [3.05, 3.63) is 41.5 Å². The molecule has 0 fully saturated rings. The van der Waals surface area contributed by atoms with E-state index < -0.39 is 16.1 Å². The quantitative estimate of drug-likeness (QED) is 0.678. The topological polar surface area (TPSA) is 86.7 Å². The molecule has 1 aromatic carbocycles. The van der Waals surface area contributed by atoms with Crippen LogP contribution < -0.4 is 5.32 Å². The van der Waals surface area contributed by atoms with Gasteiger partial charge in [-0.25, -0.2) is 8.42 Å². The third-order valence-electron chi connectivity index (χ3n) is 4.01. The van der Waals surface area contributed by atoms with Crippen molar-refractivity contribution in [2.24, 2.45) is 0 Å². The molecule has 7 heteroatoms. The van der Waals surface area contributed by atoms with Gasteiger partial charge in [-0.2, -0.15) is 4.31 Å². The van der Waals surface area contributed by atoms with Crippen LogP contribution in [0, 0.1) is 6.92 Å². The number of aliphatic hydroxyl groups is 1. The molecule has 0 heterocycles. The Morgan fingerprint density at radius 3 is 2.50 bits per heavy atom. The summed E-state index contributed by atoms with van der Waals surface area (Å²) in [7, 11) is -3.52. The van der Waals surface area contributed by atoms with E-state index in [1.165, 1.54) is 4.31 Å². The first-order valence-corrected chi connectivity index (χ1v) is 9.48. The molecule has 0 amide bonds. The van der Waals surface area contributed by atoms with E-state index in [4.69, 9.17) is 0 Å². The molecule has 0 saturated carbocycles. The zero-order chi connectivity index (χ0) is 17.7. The van der Waals surface area contributed by atoms with Crippen LogP contribution >= 0.6 is 0 Å². The van der Waals surface area contributed by atoms with Gasteiger partial charge in [-0.1, -0.05) is 24.6 Å². The fourth-order valence-electron chi connectivity index (χ4n) is 2.60. The van der Waals surface area contributed by atoms with Gasteiger partial charge in [-0.05, 0) is 25.1 Å². The highest BCUT2D eigenvalue weighted by atomic mass is 32.2. The Morgan fingerprint density at radius 1 is 1.29 bits per heavy atom. The standard InChI is InChI=1S/C17H24N2O4S/c1-3-19(24(22,23)16-6-4-13(2)5-7-16)9-8-18-12-14-10-15(20)11-17(14)21/h4-7,10,15,18,20H,3,8-9,11-12H2,1-2H3/t15-/m1/s1. The molecular weight excluding hydrogens is 328 g/mol. The van der Waals surface area contributed by atoms with Crippen LogP contribution in [-0.4, -0.2) is 55.9 Å². The van der Waals surface area contributed by atoms with Crippen molar-refractivity contribution >= 4 is 15.8 Å². The summed E-state index contributed by atoms with van der Waals surface area (Å²) in [6.07, 6.45) is 0.999. The molecule has 2 N–H and O–H groups in total. The number of carbonyl (C=O) groups excluding carboxylic acids is 1. The van der Waals surface area contributed by atoms with E-state index in [1.807, 2.05) is 6.92 Å². The van der Waals surface area contributed by atoms with E-state index in [-0.39, 0.29) is 17.1 Å². The molecule has 6 nitrogen and oxygen atoms in total. The Balaban J connectivity index is 1.91. The third-order valence-corrected chi connectivity index (χ3v) is 6.00. The third kappa shape index (κ3) is 4.51. The molecule has 0 unspecified atom stereocenters. The van der Waals surface area contributed by atoms with Crippen LogP contribution in [0.25, 0.3) is 0 Å². The smallest absolute Gasteiger partial charge is 0.243 e. The van der Waals surface area contributed by atoms with Gasteiger partial charge in [0.25, 0.3) is 0 Å². The maximum atomic E-state index is 12.6. The van der Waals surface area contributed by atoms with Gasteiger partial charge < -0.3 is 10.4 Å². The predicted octanol–water partition coefficient (Wildman–Crippen LogP) is 0.855. The fourth-order valence-corrected chi connectivity index (χ4v) is 4.05. The van der Waals surface area contributed by atoms with E-state index >= 15 is 0 Å². The molecule has 1 aliphatic rings. The summed E-state index contributed by atoms with van der Waals surface area (Å²) in [5.74, 6) is -0.0605. The first kappa shape index (κ1) is 18.8. The minimum absolute atomic E-state index is 0.0605. The number of hydrogen-bond acceptors (Lipinski definition) is 5. The van der Waals surface area contributed by atoms with E-state index in [9.17, 15) is 18.3 Å². The summed E-state index contributed by atoms with van der Waals surface area (Å²) in [6.45, 7) is 5.17. The summed E-state index contributed by atoms with van der Waals surface area (Å²) in [4.78, 5) is 11.9. The summed E-state index contributed by atoms with van der Waals surface area (Å²) in [5, 5.41) is 12.5. The second kappa shape index (κ2) is 8.02. The Hall–Kier alpha value is -1.54.